The predicted octanol–water partition coefficient (Wildman–Crippen LogP) is 4.56. The van der Waals surface area contributed by atoms with Crippen molar-refractivity contribution in [3.63, 3.8) is 0 Å². The third-order valence-corrected chi connectivity index (χ3v) is 11.0. The smallest absolute Gasteiger partial charge is 0.332 e. The number of carbonyl (C=O) groups excluding carboxylic acids is 1. The Bertz CT molecular complexity index is 2360. The lowest BCUT2D eigenvalue weighted by Crippen LogP contribution is -2.46. The van der Waals surface area contributed by atoms with Crippen LogP contribution in [0.15, 0.2) is 58.4 Å². The summed E-state index contributed by atoms with van der Waals surface area (Å²) in [6.07, 6.45) is 3.98. The number of nitrogens with zero attached hydrogens (tertiary/aromatic N) is 6. The van der Waals surface area contributed by atoms with Crippen molar-refractivity contribution in [2.45, 2.75) is 30.8 Å². The number of halogens is 2. The molecule has 3 aromatic heterocycles. The topological polar surface area (TPSA) is 148 Å². The summed E-state index contributed by atoms with van der Waals surface area (Å²) in [7, 11) is 4.60. The first-order chi connectivity index (χ1) is 24.1. The number of hydrogen-bond donors (Lipinski definition) is 3. The number of amides is 2. The molecule has 5 heterocycles. The molecule has 0 radical (unpaired) electrons. The van der Waals surface area contributed by atoms with E-state index in [2.05, 4.69) is 36.9 Å². The molecule has 8 rings (SSSR count). The van der Waals surface area contributed by atoms with E-state index in [1.165, 1.54) is 17.9 Å². The third kappa shape index (κ3) is 5.10. The number of benzene rings is 2. The number of ether oxygens (including phenoxy) is 1. The molecule has 2 fully saturated rings. The normalized spacial score (nSPS) is 19.9. The molecule has 0 bridgehead atoms. The summed E-state index contributed by atoms with van der Waals surface area (Å²) in [5, 5.41) is 10.2. The van der Waals surface area contributed by atoms with Crippen LogP contribution >= 0.6 is 23.2 Å². The summed E-state index contributed by atoms with van der Waals surface area (Å²) in [6.45, 7) is 2.28. The van der Waals surface area contributed by atoms with Crippen LogP contribution in [0.1, 0.15) is 30.0 Å². The molecule has 2 atom stereocenters. The lowest BCUT2D eigenvalue weighted by atomic mass is 9.99. The summed E-state index contributed by atoms with van der Waals surface area (Å²) in [6, 6.07) is 13.3. The van der Waals surface area contributed by atoms with Gasteiger partial charge in [0, 0.05) is 62.0 Å². The van der Waals surface area contributed by atoms with Gasteiger partial charge >= 0.3 is 11.7 Å². The standard InChI is InChI=1S/C35H33Cl2N9O4/c1-44-30-26(32(47)45(2)34(44)49)29(39-17-40-30)41-22-9-5-7-20(28(22)37)19-6-4-8-21(27(19)36)23-14-18-10-11-24(25(18)31(42-23)50-3)46-13-12-35(16-46)15-38-33(48)43-35/h4-9,14,17,24H,10-13,15-16H2,1-3H3,(H2,38,43,48)(H,39,40,41)/t24-,35+/m0/s1. The van der Waals surface area contributed by atoms with Crippen LogP contribution in [0.2, 0.25) is 10.0 Å². The lowest BCUT2D eigenvalue weighted by molar-refractivity contribution is 0.219. The Kier molecular flexibility index (Phi) is 7.81. The van der Waals surface area contributed by atoms with Crippen molar-refractivity contribution in [2.24, 2.45) is 14.1 Å². The minimum atomic E-state index is -0.526. The van der Waals surface area contributed by atoms with Gasteiger partial charge in [0.2, 0.25) is 5.88 Å². The summed E-state index contributed by atoms with van der Waals surface area (Å²) >= 11 is 14.2. The van der Waals surface area contributed by atoms with Gasteiger partial charge in [-0.05, 0) is 37.0 Å². The van der Waals surface area contributed by atoms with E-state index in [9.17, 15) is 14.4 Å². The van der Waals surface area contributed by atoms with Crippen LogP contribution in [0.3, 0.4) is 0 Å². The van der Waals surface area contributed by atoms with Gasteiger partial charge in [0.1, 0.15) is 17.5 Å². The number of anilines is 2. The maximum atomic E-state index is 13.1. The van der Waals surface area contributed by atoms with Gasteiger partial charge in [-0.25, -0.2) is 24.5 Å². The second-order valence-electron chi connectivity index (χ2n) is 13.0. The second-order valence-corrected chi connectivity index (χ2v) is 13.8. The zero-order valence-electron chi connectivity index (χ0n) is 27.5. The zero-order valence-corrected chi connectivity index (χ0v) is 29.0. The zero-order chi connectivity index (χ0) is 34.9. The van der Waals surface area contributed by atoms with Crippen LogP contribution in [0.5, 0.6) is 5.88 Å². The van der Waals surface area contributed by atoms with Gasteiger partial charge in [0.15, 0.2) is 5.65 Å². The number of rotatable bonds is 6. The average Bonchev–Trinajstić information content (AvgIpc) is 3.84. The Labute approximate surface area is 296 Å². The van der Waals surface area contributed by atoms with Crippen LogP contribution in [-0.2, 0) is 20.5 Å². The van der Waals surface area contributed by atoms with E-state index in [1.54, 1.807) is 20.2 Å². The maximum absolute atomic E-state index is 13.1. The number of aryl methyl sites for hydroxylation is 2. The molecule has 2 aromatic carbocycles. The van der Waals surface area contributed by atoms with Crippen LogP contribution in [0.4, 0.5) is 16.3 Å². The molecule has 3 N–H and O–H groups in total. The van der Waals surface area contributed by atoms with Gasteiger partial charge in [0.05, 0.1) is 34.1 Å². The monoisotopic (exact) mass is 713 g/mol. The molecular formula is C35H33Cl2N9O4. The van der Waals surface area contributed by atoms with Crippen molar-refractivity contribution in [2.75, 3.05) is 32.1 Å². The number of aromatic nitrogens is 5. The van der Waals surface area contributed by atoms with Gasteiger partial charge in [0.25, 0.3) is 5.56 Å². The van der Waals surface area contributed by atoms with Crippen molar-refractivity contribution >= 4 is 51.8 Å². The summed E-state index contributed by atoms with van der Waals surface area (Å²) < 4.78 is 8.21. The molecular weight excluding hydrogens is 681 g/mol. The Hall–Kier alpha value is -4.98. The molecule has 2 amide bonds. The number of likely N-dealkylation sites (tertiary alicyclic amines) is 1. The molecule has 5 aromatic rings. The van der Waals surface area contributed by atoms with Crippen LogP contribution in [0.25, 0.3) is 33.4 Å². The predicted molar refractivity (Wildman–Crippen MR) is 192 cm³/mol. The highest BCUT2D eigenvalue weighted by Gasteiger charge is 2.46. The Morgan fingerprint density at radius 2 is 1.76 bits per heavy atom. The highest BCUT2D eigenvalue weighted by molar-refractivity contribution is 6.39. The van der Waals surface area contributed by atoms with Crippen LogP contribution in [-0.4, -0.2) is 67.3 Å². The highest BCUT2D eigenvalue weighted by atomic mass is 35.5. The minimum absolute atomic E-state index is 0.105. The summed E-state index contributed by atoms with van der Waals surface area (Å²) in [4.78, 5) is 53.4. The summed E-state index contributed by atoms with van der Waals surface area (Å²) in [5.41, 5.74) is 4.46. The molecule has 2 aliphatic heterocycles. The number of hydrogen-bond acceptors (Lipinski definition) is 9. The van der Waals surface area contributed by atoms with E-state index in [1.807, 2.05) is 30.3 Å². The first-order valence-corrected chi connectivity index (χ1v) is 17.0. The van der Waals surface area contributed by atoms with E-state index >= 15 is 0 Å². The largest absolute Gasteiger partial charge is 0.481 e. The van der Waals surface area contributed by atoms with E-state index in [0.717, 1.165) is 53.6 Å². The van der Waals surface area contributed by atoms with Crippen LogP contribution < -0.4 is 31.9 Å². The molecule has 0 unspecified atom stereocenters. The highest BCUT2D eigenvalue weighted by Crippen LogP contribution is 2.47. The molecule has 3 aliphatic rings. The molecule has 256 valence electrons. The van der Waals surface area contributed by atoms with Gasteiger partial charge in [-0.2, -0.15) is 0 Å². The van der Waals surface area contributed by atoms with Gasteiger partial charge in [-0.15, -0.1) is 0 Å². The van der Waals surface area contributed by atoms with Gasteiger partial charge in [-0.3, -0.25) is 18.8 Å². The maximum Gasteiger partial charge on any atom is 0.332 e. The lowest BCUT2D eigenvalue weighted by Gasteiger charge is -2.28. The van der Waals surface area contributed by atoms with E-state index in [-0.39, 0.29) is 34.5 Å². The average molecular weight is 715 g/mol. The van der Waals surface area contributed by atoms with E-state index in [0.29, 0.717) is 45.0 Å². The van der Waals surface area contributed by atoms with Gasteiger partial charge in [-0.1, -0.05) is 53.5 Å². The van der Waals surface area contributed by atoms with Crippen molar-refractivity contribution in [3.8, 4) is 28.3 Å². The van der Waals surface area contributed by atoms with Gasteiger partial charge < -0.3 is 20.7 Å². The van der Waals surface area contributed by atoms with E-state index in [4.69, 9.17) is 32.9 Å². The molecule has 1 spiro atoms. The number of urea groups is 1. The molecule has 13 nitrogen and oxygen atoms in total. The second kappa shape index (κ2) is 12.1. The summed E-state index contributed by atoms with van der Waals surface area (Å²) in [5.74, 6) is 0.785. The minimum Gasteiger partial charge on any atom is -0.481 e. The number of fused-ring (bicyclic) bond motifs is 2. The fourth-order valence-corrected chi connectivity index (χ4v) is 8.23. The number of pyridine rings is 1. The van der Waals surface area contributed by atoms with Crippen molar-refractivity contribution < 1.29 is 9.53 Å². The Morgan fingerprint density at radius 3 is 2.52 bits per heavy atom. The molecule has 1 aliphatic carbocycles. The SMILES string of the molecule is COc1nc(-c2cccc(-c3cccc(Nc4ncnc5c4c(=O)n(C)c(=O)n5C)c3Cl)c2Cl)cc2c1[C@@H](N1CC[C@@]3(CNC(=O)N3)C1)CC2. The molecule has 15 heteroatoms. The Balaban J connectivity index is 1.13. The number of carbonyl (C=O) groups is 1. The number of methoxy groups -OCH3 is 1. The fraction of sp³-hybridized carbons (Fsp3) is 0.314. The van der Waals surface area contributed by atoms with Crippen molar-refractivity contribution in [3.05, 3.63) is 90.8 Å². The molecule has 0 saturated carbocycles. The number of nitrogens with one attached hydrogen (secondary N) is 3. The van der Waals surface area contributed by atoms with Crippen molar-refractivity contribution in [1.82, 2.24) is 39.6 Å². The molecule has 50 heavy (non-hydrogen) atoms. The first-order valence-electron chi connectivity index (χ1n) is 16.2. The third-order valence-electron chi connectivity index (χ3n) is 10.2. The van der Waals surface area contributed by atoms with E-state index < -0.39 is 11.2 Å². The first kappa shape index (κ1) is 32.2. The van der Waals surface area contributed by atoms with Crippen LogP contribution in [0, 0.1) is 0 Å². The molecule has 2 saturated heterocycles. The fourth-order valence-electron chi connectivity index (χ4n) is 7.63. The van der Waals surface area contributed by atoms with Crippen molar-refractivity contribution in [1.29, 1.82) is 0 Å². The Morgan fingerprint density at radius 1 is 1.00 bits per heavy atom. The quantitative estimate of drug-likeness (QED) is 0.230.